The van der Waals surface area contributed by atoms with Crippen LogP contribution in [0.15, 0.2) is 22.7 Å². The molecule has 1 aromatic rings. The zero-order chi connectivity index (χ0) is 10.6. The molecule has 1 aromatic carbocycles. The van der Waals surface area contributed by atoms with Crippen LogP contribution in [-0.4, -0.2) is 12.5 Å². The molecule has 14 heavy (non-hydrogen) atoms. The van der Waals surface area contributed by atoms with Crippen molar-refractivity contribution in [3.05, 3.63) is 27.7 Å². The Labute approximate surface area is 95.3 Å². The second-order valence-electron chi connectivity index (χ2n) is 2.64. The predicted octanol–water partition coefficient (Wildman–Crippen LogP) is 2.36. The molecule has 0 unspecified atom stereocenters. The van der Waals surface area contributed by atoms with Crippen LogP contribution in [0.1, 0.15) is 6.42 Å². The van der Waals surface area contributed by atoms with Gasteiger partial charge in [0.15, 0.2) is 0 Å². The third-order valence-electron chi connectivity index (χ3n) is 1.50. The minimum atomic E-state index is -0.391. The van der Waals surface area contributed by atoms with Crippen LogP contribution in [0.3, 0.4) is 0 Å². The van der Waals surface area contributed by atoms with Crippen LogP contribution in [0.25, 0.3) is 0 Å². The first-order chi connectivity index (χ1) is 6.59. The third-order valence-corrected chi connectivity index (χ3v) is 2.29. The number of hydrogen-bond donors (Lipinski definition) is 1. The normalized spacial score (nSPS) is 9.86. The van der Waals surface area contributed by atoms with Gasteiger partial charge in [-0.05, 0) is 18.2 Å². The summed E-state index contributed by atoms with van der Waals surface area (Å²) in [5.74, 6) is 0.161. The Morgan fingerprint density at radius 1 is 1.57 bits per heavy atom. The van der Waals surface area contributed by atoms with E-state index in [4.69, 9.17) is 22.1 Å². The molecule has 2 N–H and O–H groups in total. The first-order valence-electron chi connectivity index (χ1n) is 3.96. The van der Waals surface area contributed by atoms with Gasteiger partial charge in [0.1, 0.15) is 5.75 Å². The Kier molecular flexibility index (Phi) is 4.22. The average molecular weight is 279 g/mol. The Bertz CT molecular complexity index is 344. The van der Waals surface area contributed by atoms with Crippen molar-refractivity contribution in [2.24, 2.45) is 5.73 Å². The molecule has 3 nitrogen and oxygen atoms in total. The fourth-order valence-electron chi connectivity index (χ4n) is 0.854. The molecule has 0 aliphatic carbocycles. The largest absolute Gasteiger partial charge is 0.491 e. The van der Waals surface area contributed by atoms with Gasteiger partial charge in [0.2, 0.25) is 5.91 Å². The SMILES string of the molecule is NC(=O)CCOc1ccc(Br)cc1Cl. The summed E-state index contributed by atoms with van der Waals surface area (Å²) in [6.45, 7) is 0.247. The quantitative estimate of drug-likeness (QED) is 0.919. The maximum absolute atomic E-state index is 10.4. The first kappa shape index (κ1) is 11.3. The van der Waals surface area contributed by atoms with E-state index in [9.17, 15) is 4.79 Å². The van der Waals surface area contributed by atoms with E-state index in [1.807, 2.05) is 6.07 Å². The molecular formula is C9H9BrClNO2. The molecule has 0 aliphatic heterocycles. The Morgan fingerprint density at radius 3 is 2.86 bits per heavy atom. The van der Waals surface area contributed by atoms with E-state index in [2.05, 4.69) is 15.9 Å². The van der Waals surface area contributed by atoms with Gasteiger partial charge in [-0.15, -0.1) is 0 Å². The Balaban J connectivity index is 2.55. The molecule has 0 bridgehead atoms. The van der Waals surface area contributed by atoms with Crippen molar-refractivity contribution in [3.8, 4) is 5.75 Å². The molecule has 0 fully saturated rings. The lowest BCUT2D eigenvalue weighted by molar-refractivity contribution is -0.118. The highest BCUT2D eigenvalue weighted by Gasteiger charge is 2.02. The molecule has 1 rings (SSSR count). The number of primary amides is 1. The Morgan fingerprint density at radius 2 is 2.29 bits per heavy atom. The average Bonchev–Trinajstić information content (AvgIpc) is 2.08. The Hall–Kier alpha value is -0.740. The summed E-state index contributed by atoms with van der Waals surface area (Å²) in [5.41, 5.74) is 4.96. The predicted molar refractivity (Wildman–Crippen MR) is 58.5 cm³/mol. The van der Waals surface area contributed by atoms with Crippen LogP contribution in [0.4, 0.5) is 0 Å². The zero-order valence-electron chi connectivity index (χ0n) is 7.30. The van der Waals surface area contributed by atoms with Crippen molar-refractivity contribution in [1.82, 2.24) is 0 Å². The molecular weight excluding hydrogens is 269 g/mol. The van der Waals surface area contributed by atoms with E-state index < -0.39 is 5.91 Å². The number of carbonyl (C=O) groups is 1. The van der Waals surface area contributed by atoms with Gasteiger partial charge < -0.3 is 10.5 Å². The molecule has 0 atom stereocenters. The molecule has 0 spiro atoms. The number of amides is 1. The lowest BCUT2D eigenvalue weighted by atomic mass is 10.3. The van der Waals surface area contributed by atoms with E-state index >= 15 is 0 Å². The van der Waals surface area contributed by atoms with Crippen molar-refractivity contribution >= 4 is 33.4 Å². The van der Waals surface area contributed by atoms with E-state index in [1.165, 1.54) is 0 Å². The van der Waals surface area contributed by atoms with Crippen molar-refractivity contribution in [3.63, 3.8) is 0 Å². The highest BCUT2D eigenvalue weighted by molar-refractivity contribution is 9.10. The van der Waals surface area contributed by atoms with Crippen LogP contribution in [-0.2, 0) is 4.79 Å². The molecule has 0 saturated heterocycles. The van der Waals surface area contributed by atoms with Crippen molar-refractivity contribution < 1.29 is 9.53 Å². The summed E-state index contributed by atoms with van der Waals surface area (Å²) < 4.78 is 6.13. The summed E-state index contributed by atoms with van der Waals surface area (Å²) in [6, 6.07) is 5.26. The van der Waals surface area contributed by atoms with E-state index in [1.54, 1.807) is 12.1 Å². The van der Waals surface area contributed by atoms with Gasteiger partial charge in [0.05, 0.1) is 18.1 Å². The summed E-state index contributed by atoms with van der Waals surface area (Å²) in [4.78, 5) is 10.4. The van der Waals surface area contributed by atoms with E-state index in [0.717, 1.165) is 4.47 Å². The van der Waals surface area contributed by atoms with Crippen LogP contribution < -0.4 is 10.5 Å². The lowest BCUT2D eigenvalue weighted by Crippen LogP contribution is -2.14. The highest BCUT2D eigenvalue weighted by Crippen LogP contribution is 2.27. The number of carbonyl (C=O) groups excluding carboxylic acids is 1. The summed E-state index contributed by atoms with van der Waals surface area (Å²) in [5, 5.41) is 0.504. The lowest BCUT2D eigenvalue weighted by Gasteiger charge is -2.06. The molecule has 1 amide bonds. The fourth-order valence-corrected chi connectivity index (χ4v) is 1.58. The molecule has 0 saturated carbocycles. The van der Waals surface area contributed by atoms with Gasteiger partial charge in [-0.2, -0.15) is 0 Å². The summed E-state index contributed by atoms with van der Waals surface area (Å²) in [7, 11) is 0. The first-order valence-corrected chi connectivity index (χ1v) is 5.13. The molecule has 76 valence electrons. The monoisotopic (exact) mass is 277 g/mol. The van der Waals surface area contributed by atoms with Crippen molar-refractivity contribution in [2.45, 2.75) is 6.42 Å². The summed E-state index contributed by atoms with van der Waals surface area (Å²) >= 11 is 9.15. The second-order valence-corrected chi connectivity index (χ2v) is 3.96. The molecule has 0 aliphatic rings. The fraction of sp³-hybridized carbons (Fsp3) is 0.222. The molecule has 0 heterocycles. The smallest absolute Gasteiger partial charge is 0.220 e. The third kappa shape index (κ3) is 3.55. The number of hydrogen-bond acceptors (Lipinski definition) is 2. The van der Waals surface area contributed by atoms with E-state index in [-0.39, 0.29) is 13.0 Å². The standard InChI is InChI=1S/C9H9BrClNO2/c10-6-1-2-8(7(11)5-6)14-4-3-9(12)13/h1-2,5H,3-4H2,(H2,12,13). The van der Waals surface area contributed by atoms with Gasteiger partial charge >= 0.3 is 0 Å². The van der Waals surface area contributed by atoms with Crippen LogP contribution in [0.5, 0.6) is 5.75 Å². The number of nitrogens with two attached hydrogens (primary N) is 1. The minimum Gasteiger partial charge on any atom is -0.491 e. The maximum Gasteiger partial charge on any atom is 0.220 e. The number of ether oxygens (including phenoxy) is 1. The highest BCUT2D eigenvalue weighted by atomic mass is 79.9. The molecule has 0 aromatic heterocycles. The molecule has 0 radical (unpaired) electrons. The zero-order valence-corrected chi connectivity index (χ0v) is 9.64. The van der Waals surface area contributed by atoms with Gasteiger partial charge in [0, 0.05) is 4.47 Å². The minimum absolute atomic E-state index is 0.187. The van der Waals surface area contributed by atoms with Gasteiger partial charge in [-0.3, -0.25) is 4.79 Å². The molecule has 5 heteroatoms. The number of benzene rings is 1. The number of halogens is 2. The van der Waals surface area contributed by atoms with Crippen LogP contribution in [0.2, 0.25) is 5.02 Å². The van der Waals surface area contributed by atoms with Crippen LogP contribution in [0, 0.1) is 0 Å². The van der Waals surface area contributed by atoms with Gasteiger partial charge in [-0.1, -0.05) is 27.5 Å². The maximum atomic E-state index is 10.4. The topological polar surface area (TPSA) is 52.3 Å². The van der Waals surface area contributed by atoms with E-state index in [0.29, 0.717) is 10.8 Å². The van der Waals surface area contributed by atoms with Gasteiger partial charge in [0.25, 0.3) is 0 Å². The van der Waals surface area contributed by atoms with Crippen LogP contribution >= 0.6 is 27.5 Å². The van der Waals surface area contributed by atoms with Crippen molar-refractivity contribution in [2.75, 3.05) is 6.61 Å². The van der Waals surface area contributed by atoms with Crippen molar-refractivity contribution in [1.29, 1.82) is 0 Å². The summed E-state index contributed by atoms with van der Waals surface area (Å²) in [6.07, 6.45) is 0.187. The van der Waals surface area contributed by atoms with Gasteiger partial charge in [-0.25, -0.2) is 0 Å². The second kappa shape index (κ2) is 5.22. The number of rotatable bonds is 4.